The molecule has 0 spiro atoms. The Morgan fingerprint density at radius 3 is 2.00 bits per heavy atom. The van der Waals surface area contributed by atoms with E-state index >= 15 is 0 Å². The molecule has 0 unspecified atom stereocenters. The molecule has 0 aromatic carbocycles. The minimum atomic E-state index is -6.00. The number of nitrogens with zero attached hydrogens (tertiary/aromatic N) is 1. The molecule has 0 saturated heterocycles. The van der Waals surface area contributed by atoms with Crippen LogP contribution in [-0.4, -0.2) is 11.8 Å². The van der Waals surface area contributed by atoms with Gasteiger partial charge in [0.05, 0.1) is 6.54 Å². The van der Waals surface area contributed by atoms with Crippen molar-refractivity contribution >= 4 is 7.25 Å². The predicted molar refractivity (Wildman–Crippen MR) is 36.8 cm³/mol. The average molecular weight is 184 g/mol. The molecule has 1 heterocycles. The molecule has 0 atom stereocenters. The molecule has 1 rings (SSSR count). The highest BCUT2D eigenvalue weighted by atomic mass is 19.5. The van der Waals surface area contributed by atoms with E-state index in [0.717, 1.165) is 6.54 Å². The Bertz CT molecular complexity index is 190. The number of aromatic amines is 1. The van der Waals surface area contributed by atoms with Crippen molar-refractivity contribution in [2.24, 2.45) is 0 Å². The molecule has 0 saturated carbocycles. The van der Waals surface area contributed by atoms with Gasteiger partial charge in [0.1, 0.15) is 12.4 Å². The fourth-order valence-electron chi connectivity index (χ4n) is 0.517. The minimum Gasteiger partial charge on any atom is -0.418 e. The summed E-state index contributed by atoms with van der Waals surface area (Å²) in [4.78, 5) is 2.94. The molecule has 1 aromatic rings. The first-order valence-electron chi connectivity index (χ1n) is 3.32. The highest BCUT2D eigenvalue weighted by Crippen LogP contribution is 2.06. The Hall–Kier alpha value is -1.01. The van der Waals surface area contributed by atoms with Gasteiger partial charge >= 0.3 is 7.25 Å². The first kappa shape index (κ1) is 11.0. The lowest BCUT2D eigenvalue weighted by Gasteiger charge is -1.94. The summed E-state index contributed by atoms with van der Waals surface area (Å²) >= 11 is 0. The number of imidazole rings is 1. The van der Waals surface area contributed by atoms with E-state index in [4.69, 9.17) is 0 Å². The number of rotatable bonds is 1. The van der Waals surface area contributed by atoms with E-state index in [1.807, 2.05) is 18.7 Å². The lowest BCUT2D eigenvalue weighted by molar-refractivity contribution is -0.377. The molecule has 0 aliphatic carbocycles. The van der Waals surface area contributed by atoms with Crippen molar-refractivity contribution in [1.82, 2.24) is 4.57 Å². The monoisotopic (exact) mass is 184 g/mol. The molecule has 1 N–H and O–H groups in total. The molecular weight excluding hydrogens is 175 g/mol. The van der Waals surface area contributed by atoms with E-state index in [0.29, 0.717) is 0 Å². The van der Waals surface area contributed by atoms with Crippen LogP contribution in [0.4, 0.5) is 17.3 Å². The third-order valence-electron chi connectivity index (χ3n) is 0.968. The highest BCUT2D eigenvalue weighted by molar-refractivity contribution is 6.50. The van der Waals surface area contributed by atoms with Crippen LogP contribution in [0, 0.1) is 0 Å². The van der Waals surface area contributed by atoms with Crippen LogP contribution in [0.15, 0.2) is 18.7 Å². The smallest absolute Gasteiger partial charge is 0.418 e. The zero-order valence-electron chi connectivity index (χ0n) is 6.48. The normalized spacial score (nSPS) is 10.4. The number of halogens is 4. The van der Waals surface area contributed by atoms with Crippen LogP contribution in [0.2, 0.25) is 0 Å². The fraction of sp³-hybridized carbons (Fsp3) is 0.400. The Balaban J connectivity index is 0.000000217. The number of hydrogen-bond acceptors (Lipinski definition) is 0. The lowest BCUT2D eigenvalue weighted by Crippen LogP contribution is -2.02. The van der Waals surface area contributed by atoms with Gasteiger partial charge in [-0.2, -0.15) is 0 Å². The summed E-state index contributed by atoms with van der Waals surface area (Å²) < 4.78 is 41.1. The van der Waals surface area contributed by atoms with E-state index < -0.39 is 7.25 Å². The number of aryl methyl sites for hydroxylation is 1. The molecule has 0 bridgehead atoms. The predicted octanol–water partition coefficient (Wildman–Crippen LogP) is 1.62. The van der Waals surface area contributed by atoms with Gasteiger partial charge in [-0.3, -0.25) is 4.98 Å². The van der Waals surface area contributed by atoms with Gasteiger partial charge in [-0.05, 0) is 6.92 Å². The number of H-pyrrole nitrogens is 1. The molecule has 0 aliphatic rings. The van der Waals surface area contributed by atoms with Crippen LogP contribution in [-0.2, 0) is 6.54 Å². The molecule has 0 amide bonds. The maximum absolute atomic E-state index is 9.75. The van der Waals surface area contributed by atoms with Crippen molar-refractivity contribution in [1.29, 1.82) is 0 Å². The van der Waals surface area contributed by atoms with Crippen molar-refractivity contribution in [3.63, 3.8) is 0 Å². The topological polar surface area (TPSA) is 19.1 Å². The fourth-order valence-corrected chi connectivity index (χ4v) is 0.517. The molecule has 0 aliphatic heterocycles. The third-order valence-corrected chi connectivity index (χ3v) is 0.968. The number of hydrogen-bond donors (Lipinski definition) is 0. The van der Waals surface area contributed by atoms with Gasteiger partial charge in [-0.1, -0.05) is 0 Å². The van der Waals surface area contributed by atoms with Crippen molar-refractivity contribution in [2.45, 2.75) is 13.5 Å². The van der Waals surface area contributed by atoms with E-state index in [-0.39, 0.29) is 0 Å². The number of nitrogens with one attached hydrogen (secondary N) is 1. The summed E-state index contributed by atoms with van der Waals surface area (Å²) in [7, 11) is -6.00. The first-order valence-corrected chi connectivity index (χ1v) is 3.32. The van der Waals surface area contributed by atoms with Gasteiger partial charge < -0.3 is 17.3 Å². The molecule has 70 valence electrons. The van der Waals surface area contributed by atoms with Gasteiger partial charge in [0.15, 0.2) is 0 Å². The largest absolute Gasteiger partial charge is 0.673 e. The highest BCUT2D eigenvalue weighted by Gasteiger charge is 2.20. The molecule has 0 fully saturated rings. The summed E-state index contributed by atoms with van der Waals surface area (Å²) in [5, 5.41) is 0. The van der Waals surface area contributed by atoms with Crippen LogP contribution < -0.4 is 4.98 Å². The lowest BCUT2D eigenvalue weighted by atomic mass is 10.3. The Morgan fingerprint density at radius 2 is 1.83 bits per heavy atom. The second-order valence-corrected chi connectivity index (χ2v) is 1.94. The van der Waals surface area contributed by atoms with Crippen molar-refractivity contribution in [3.8, 4) is 0 Å². The van der Waals surface area contributed by atoms with Crippen LogP contribution in [0.25, 0.3) is 0 Å². The van der Waals surface area contributed by atoms with Crippen molar-refractivity contribution in [3.05, 3.63) is 18.7 Å². The Kier molecular flexibility index (Phi) is 4.39. The Labute approximate surface area is 67.3 Å². The van der Waals surface area contributed by atoms with Gasteiger partial charge in [-0.15, -0.1) is 0 Å². The Morgan fingerprint density at radius 1 is 1.33 bits per heavy atom. The van der Waals surface area contributed by atoms with Crippen LogP contribution >= 0.6 is 0 Å². The average Bonchev–Trinajstić information content (AvgIpc) is 2.33. The van der Waals surface area contributed by atoms with Gasteiger partial charge in [0.2, 0.25) is 6.33 Å². The van der Waals surface area contributed by atoms with E-state index in [1.165, 1.54) is 0 Å². The second-order valence-electron chi connectivity index (χ2n) is 1.94. The minimum absolute atomic E-state index is 1.05. The number of aromatic nitrogens is 2. The van der Waals surface area contributed by atoms with Gasteiger partial charge in [0, 0.05) is 0 Å². The molecule has 0 radical (unpaired) electrons. The summed E-state index contributed by atoms with van der Waals surface area (Å²) in [5.74, 6) is 0. The van der Waals surface area contributed by atoms with Crippen LogP contribution in [0.3, 0.4) is 0 Å². The zero-order valence-corrected chi connectivity index (χ0v) is 6.48. The molecule has 1 aromatic heterocycles. The zero-order chi connectivity index (χ0) is 9.61. The third kappa shape index (κ3) is 8.99. The van der Waals surface area contributed by atoms with E-state index in [9.17, 15) is 17.3 Å². The standard InChI is InChI=1S/C5H8N2.BF4/c1-2-7-4-3-6-5-7;2-1(3,4)5/h3-5H,2H2,1H3;/q;-1/p+1. The summed E-state index contributed by atoms with van der Waals surface area (Å²) in [6, 6.07) is 0. The summed E-state index contributed by atoms with van der Waals surface area (Å²) in [6.45, 7) is 3.15. The van der Waals surface area contributed by atoms with Gasteiger partial charge in [0.25, 0.3) is 0 Å². The molecule has 2 nitrogen and oxygen atoms in total. The molecular formula is C5H9BF4N2. The maximum atomic E-state index is 9.75. The van der Waals surface area contributed by atoms with Crippen molar-refractivity contribution < 1.29 is 22.2 Å². The van der Waals surface area contributed by atoms with Crippen molar-refractivity contribution in [2.75, 3.05) is 0 Å². The maximum Gasteiger partial charge on any atom is 0.673 e. The quantitative estimate of drug-likeness (QED) is 0.466. The molecule has 7 heteroatoms. The first-order chi connectivity index (χ1) is 5.43. The molecule has 12 heavy (non-hydrogen) atoms. The van der Waals surface area contributed by atoms with E-state index in [1.54, 1.807) is 0 Å². The van der Waals surface area contributed by atoms with Crippen LogP contribution in [0.1, 0.15) is 6.92 Å². The summed E-state index contributed by atoms with van der Waals surface area (Å²) in [5.41, 5.74) is 0. The summed E-state index contributed by atoms with van der Waals surface area (Å²) in [6.07, 6.45) is 5.84. The second kappa shape index (κ2) is 4.79. The SMILES string of the molecule is CCn1cc[nH+]c1.F[B-](F)(F)F. The van der Waals surface area contributed by atoms with E-state index in [2.05, 4.69) is 16.5 Å². The van der Waals surface area contributed by atoms with Crippen LogP contribution in [0.5, 0.6) is 0 Å². The van der Waals surface area contributed by atoms with Gasteiger partial charge in [-0.25, -0.2) is 4.57 Å².